The number of aryl methyl sites for hydroxylation is 2. The molecule has 2 rings (SSSR count). The summed E-state index contributed by atoms with van der Waals surface area (Å²) in [6.07, 6.45) is 1.68. The summed E-state index contributed by atoms with van der Waals surface area (Å²) in [5, 5.41) is 10.4. The number of nitrogens with one attached hydrogen (secondary N) is 1. The van der Waals surface area contributed by atoms with Crippen molar-refractivity contribution in [2.45, 2.75) is 13.5 Å². The third-order valence-corrected chi connectivity index (χ3v) is 2.20. The van der Waals surface area contributed by atoms with Crippen molar-refractivity contribution in [1.29, 1.82) is 0 Å². The second kappa shape index (κ2) is 4.18. The first-order valence-corrected chi connectivity index (χ1v) is 4.85. The fourth-order valence-electron chi connectivity index (χ4n) is 1.30. The maximum Gasteiger partial charge on any atom is 0.290 e. The highest BCUT2D eigenvalue weighted by Crippen LogP contribution is 2.02. The molecule has 0 fully saturated rings. The number of carbonyl (C=O) groups excluding carboxylic acids is 1. The van der Waals surface area contributed by atoms with E-state index in [1.807, 2.05) is 13.1 Å². The van der Waals surface area contributed by atoms with Gasteiger partial charge in [0.05, 0.1) is 17.9 Å². The van der Waals surface area contributed by atoms with Crippen LogP contribution in [0.3, 0.4) is 0 Å². The number of rotatable bonds is 3. The molecule has 2 aromatic rings. The number of amides is 1. The number of hydrogen-bond acceptors (Lipinski definition) is 4. The van der Waals surface area contributed by atoms with E-state index in [0.29, 0.717) is 12.2 Å². The van der Waals surface area contributed by atoms with Gasteiger partial charge in [-0.2, -0.15) is 5.10 Å². The zero-order valence-corrected chi connectivity index (χ0v) is 9.10. The van der Waals surface area contributed by atoms with Crippen LogP contribution in [0.4, 0.5) is 0 Å². The molecule has 0 bridgehead atoms. The second-order valence-corrected chi connectivity index (χ2v) is 3.46. The van der Waals surface area contributed by atoms with Gasteiger partial charge in [-0.25, -0.2) is 0 Å². The fourth-order valence-corrected chi connectivity index (χ4v) is 1.30. The molecule has 16 heavy (non-hydrogen) atoms. The van der Waals surface area contributed by atoms with E-state index in [2.05, 4.69) is 15.6 Å². The quantitative estimate of drug-likeness (QED) is 0.824. The van der Waals surface area contributed by atoms with E-state index in [1.54, 1.807) is 23.9 Å². The Morgan fingerprint density at radius 1 is 1.62 bits per heavy atom. The monoisotopic (exact) mass is 220 g/mol. The smallest absolute Gasteiger partial charge is 0.290 e. The van der Waals surface area contributed by atoms with Gasteiger partial charge in [-0.1, -0.05) is 5.16 Å². The van der Waals surface area contributed by atoms with Crippen LogP contribution in [0, 0.1) is 6.92 Å². The van der Waals surface area contributed by atoms with Crippen molar-refractivity contribution in [2.24, 2.45) is 7.05 Å². The van der Waals surface area contributed by atoms with Gasteiger partial charge in [0, 0.05) is 19.3 Å². The Labute approximate surface area is 92.2 Å². The molecule has 0 unspecified atom stereocenters. The van der Waals surface area contributed by atoms with E-state index in [0.717, 1.165) is 5.69 Å². The van der Waals surface area contributed by atoms with Crippen LogP contribution in [-0.4, -0.2) is 20.8 Å². The van der Waals surface area contributed by atoms with Crippen molar-refractivity contribution >= 4 is 5.91 Å². The summed E-state index contributed by atoms with van der Waals surface area (Å²) in [5.74, 6) is -0.0542. The van der Waals surface area contributed by atoms with E-state index < -0.39 is 0 Å². The molecule has 0 aliphatic rings. The summed E-state index contributed by atoms with van der Waals surface area (Å²) < 4.78 is 6.54. The SMILES string of the molecule is Cc1cc(C(=O)NCc2ccnn2C)on1. The van der Waals surface area contributed by atoms with Crippen molar-refractivity contribution in [3.05, 3.63) is 35.5 Å². The van der Waals surface area contributed by atoms with E-state index in [1.165, 1.54) is 0 Å². The van der Waals surface area contributed by atoms with Crippen LogP contribution in [-0.2, 0) is 13.6 Å². The molecular formula is C10H12N4O2. The molecule has 0 aromatic carbocycles. The molecule has 0 spiro atoms. The average molecular weight is 220 g/mol. The predicted molar refractivity (Wildman–Crippen MR) is 55.6 cm³/mol. The van der Waals surface area contributed by atoms with Crippen molar-refractivity contribution in [3.63, 3.8) is 0 Å². The molecule has 6 nitrogen and oxygen atoms in total. The molecule has 84 valence electrons. The van der Waals surface area contributed by atoms with Crippen molar-refractivity contribution < 1.29 is 9.32 Å². The van der Waals surface area contributed by atoms with Gasteiger partial charge in [0.15, 0.2) is 0 Å². The third kappa shape index (κ3) is 2.10. The van der Waals surface area contributed by atoms with Crippen molar-refractivity contribution in [2.75, 3.05) is 0 Å². The molecule has 2 aromatic heterocycles. The summed E-state index contributed by atoms with van der Waals surface area (Å²) in [5.41, 5.74) is 1.61. The van der Waals surface area contributed by atoms with Gasteiger partial charge in [-0.15, -0.1) is 0 Å². The van der Waals surface area contributed by atoms with Gasteiger partial charge in [-0.3, -0.25) is 9.48 Å². The van der Waals surface area contributed by atoms with Crippen LogP contribution in [0.5, 0.6) is 0 Å². The third-order valence-electron chi connectivity index (χ3n) is 2.20. The molecule has 0 atom stereocenters. The molecule has 6 heteroatoms. The van der Waals surface area contributed by atoms with Gasteiger partial charge in [0.25, 0.3) is 5.91 Å². The lowest BCUT2D eigenvalue weighted by Crippen LogP contribution is -2.23. The van der Waals surface area contributed by atoms with Crippen LogP contribution in [0.25, 0.3) is 0 Å². The molecule has 0 aliphatic carbocycles. The highest BCUT2D eigenvalue weighted by atomic mass is 16.5. The fraction of sp³-hybridized carbons (Fsp3) is 0.300. The van der Waals surface area contributed by atoms with Crippen molar-refractivity contribution in [3.8, 4) is 0 Å². The summed E-state index contributed by atoms with van der Waals surface area (Å²) >= 11 is 0. The van der Waals surface area contributed by atoms with Crippen LogP contribution >= 0.6 is 0 Å². The number of carbonyl (C=O) groups is 1. The lowest BCUT2D eigenvalue weighted by atomic mass is 10.3. The molecule has 0 aliphatic heterocycles. The first-order valence-electron chi connectivity index (χ1n) is 4.85. The van der Waals surface area contributed by atoms with Gasteiger partial charge < -0.3 is 9.84 Å². The van der Waals surface area contributed by atoms with Gasteiger partial charge in [-0.05, 0) is 13.0 Å². The maximum atomic E-state index is 11.6. The second-order valence-electron chi connectivity index (χ2n) is 3.46. The highest BCUT2D eigenvalue weighted by molar-refractivity contribution is 5.91. The minimum absolute atomic E-state index is 0.222. The molecule has 0 saturated heterocycles. The number of aromatic nitrogens is 3. The standard InChI is InChI=1S/C10H12N4O2/c1-7-5-9(16-13-7)10(15)11-6-8-3-4-12-14(8)2/h3-5H,6H2,1-2H3,(H,11,15). The largest absolute Gasteiger partial charge is 0.351 e. The zero-order chi connectivity index (χ0) is 11.5. The van der Waals surface area contributed by atoms with Crippen LogP contribution in [0.15, 0.2) is 22.9 Å². The summed E-state index contributed by atoms with van der Waals surface area (Å²) in [6.45, 7) is 2.18. The van der Waals surface area contributed by atoms with Crippen LogP contribution in [0.2, 0.25) is 0 Å². The first kappa shape index (κ1) is 10.4. The summed E-state index contributed by atoms with van der Waals surface area (Å²) in [7, 11) is 1.82. The molecule has 0 radical (unpaired) electrons. The summed E-state index contributed by atoms with van der Waals surface area (Å²) in [6, 6.07) is 3.44. The van der Waals surface area contributed by atoms with Gasteiger partial charge in [0.2, 0.25) is 5.76 Å². The number of hydrogen-bond donors (Lipinski definition) is 1. The van der Waals surface area contributed by atoms with Gasteiger partial charge >= 0.3 is 0 Å². The topological polar surface area (TPSA) is 73.0 Å². The van der Waals surface area contributed by atoms with E-state index >= 15 is 0 Å². The lowest BCUT2D eigenvalue weighted by molar-refractivity contribution is 0.0913. The summed E-state index contributed by atoms with van der Waals surface area (Å²) in [4.78, 5) is 11.6. The van der Waals surface area contributed by atoms with E-state index in [9.17, 15) is 4.79 Å². The number of nitrogens with zero attached hydrogens (tertiary/aromatic N) is 3. The Bertz CT molecular complexity index is 500. The van der Waals surface area contributed by atoms with Gasteiger partial charge in [0.1, 0.15) is 0 Å². The molecule has 0 saturated carbocycles. The average Bonchev–Trinajstić information content (AvgIpc) is 2.84. The molecule has 1 amide bonds. The minimum Gasteiger partial charge on any atom is -0.351 e. The van der Waals surface area contributed by atoms with Crippen LogP contribution < -0.4 is 5.32 Å². The molecular weight excluding hydrogens is 208 g/mol. The highest BCUT2D eigenvalue weighted by Gasteiger charge is 2.11. The maximum absolute atomic E-state index is 11.6. The molecule has 2 heterocycles. The lowest BCUT2D eigenvalue weighted by Gasteiger charge is -2.02. The molecule has 1 N–H and O–H groups in total. The Morgan fingerprint density at radius 2 is 2.44 bits per heavy atom. The Kier molecular flexibility index (Phi) is 2.72. The zero-order valence-electron chi connectivity index (χ0n) is 9.10. The first-order chi connectivity index (χ1) is 7.66. The Balaban J connectivity index is 1.96. The van der Waals surface area contributed by atoms with E-state index in [4.69, 9.17) is 4.52 Å². The minimum atomic E-state index is -0.276. The van der Waals surface area contributed by atoms with E-state index in [-0.39, 0.29) is 11.7 Å². The predicted octanol–water partition coefficient (Wildman–Crippen LogP) is 0.647. The Hall–Kier alpha value is -2.11. The normalized spacial score (nSPS) is 10.4. The van der Waals surface area contributed by atoms with Crippen molar-refractivity contribution in [1.82, 2.24) is 20.3 Å². The van der Waals surface area contributed by atoms with Crippen LogP contribution in [0.1, 0.15) is 21.9 Å². The Morgan fingerprint density at radius 3 is 3.00 bits per heavy atom.